The van der Waals surface area contributed by atoms with E-state index in [1.165, 1.54) is 13.8 Å². The van der Waals surface area contributed by atoms with Crippen LogP contribution in [0.1, 0.15) is 57.9 Å². The van der Waals surface area contributed by atoms with E-state index in [1.807, 2.05) is 0 Å². The maximum atomic E-state index is 11.2. The molecule has 0 bridgehead atoms. The first-order valence-electron chi connectivity index (χ1n) is 7.26. The summed E-state index contributed by atoms with van der Waals surface area (Å²) < 4.78 is 32.7. The van der Waals surface area contributed by atoms with E-state index >= 15 is 0 Å². The molecule has 0 rings (SSSR count). The highest BCUT2D eigenvalue weighted by molar-refractivity contribution is 5.75. The van der Waals surface area contributed by atoms with Crippen LogP contribution in [0.3, 0.4) is 0 Å². The summed E-state index contributed by atoms with van der Waals surface area (Å²) in [4.78, 5) is 33.4. The van der Waals surface area contributed by atoms with Crippen molar-refractivity contribution in [2.75, 3.05) is 0 Å². The number of ketones is 1. The fraction of sp³-hybridized carbons (Fsp3) is 0.769. The standard InChI is InChI=1S/C13H22O5/c1-9(14)7-6-8-12(17-10(2)15)13(4,5)18-11(3)16/h12H,6-8H2,1-5H3/i4D3/t12?,13-/m1/s1. The van der Waals surface area contributed by atoms with Crippen LogP contribution < -0.4 is 0 Å². The smallest absolute Gasteiger partial charge is 0.303 e. The van der Waals surface area contributed by atoms with Gasteiger partial charge in [0.1, 0.15) is 17.5 Å². The van der Waals surface area contributed by atoms with Crippen molar-refractivity contribution in [2.45, 2.75) is 65.5 Å². The van der Waals surface area contributed by atoms with Gasteiger partial charge in [-0.15, -0.1) is 0 Å². The zero-order valence-electron chi connectivity index (χ0n) is 14.2. The van der Waals surface area contributed by atoms with Crippen molar-refractivity contribution in [2.24, 2.45) is 0 Å². The van der Waals surface area contributed by atoms with Crippen molar-refractivity contribution in [3.8, 4) is 0 Å². The molecule has 5 heteroatoms. The molecular formula is C13H22O5. The summed E-state index contributed by atoms with van der Waals surface area (Å²) in [6.45, 7) is 2.18. The summed E-state index contributed by atoms with van der Waals surface area (Å²) in [7, 11) is 0. The number of ether oxygens (including phenoxy) is 2. The van der Waals surface area contributed by atoms with Gasteiger partial charge in [0.25, 0.3) is 0 Å². The van der Waals surface area contributed by atoms with Crippen LogP contribution in [0.2, 0.25) is 0 Å². The van der Waals surface area contributed by atoms with E-state index in [9.17, 15) is 14.4 Å². The second-order valence-corrected chi connectivity index (χ2v) is 4.39. The quantitative estimate of drug-likeness (QED) is 0.656. The second kappa shape index (κ2) is 7.13. The van der Waals surface area contributed by atoms with Crippen LogP contribution in [0.15, 0.2) is 0 Å². The zero-order valence-corrected chi connectivity index (χ0v) is 11.2. The van der Waals surface area contributed by atoms with Gasteiger partial charge in [-0.3, -0.25) is 9.59 Å². The van der Waals surface area contributed by atoms with E-state index in [4.69, 9.17) is 13.6 Å². The normalized spacial score (nSPS) is 18.6. The molecule has 18 heavy (non-hydrogen) atoms. The Balaban J connectivity index is 5.31. The first kappa shape index (κ1) is 11.7. The largest absolute Gasteiger partial charge is 0.458 e. The predicted octanol–water partition coefficient (Wildman–Crippen LogP) is 2.02. The van der Waals surface area contributed by atoms with Gasteiger partial charge >= 0.3 is 11.9 Å². The number of esters is 2. The van der Waals surface area contributed by atoms with Crippen LogP contribution >= 0.6 is 0 Å². The molecule has 104 valence electrons. The number of carbonyl (C=O) groups excluding carboxylic acids is 3. The number of Topliss-reactive ketones (excluding diaryl/α,β-unsaturated/α-hetero) is 1. The van der Waals surface area contributed by atoms with Crippen LogP contribution in [-0.4, -0.2) is 29.4 Å². The average molecular weight is 261 g/mol. The molecule has 0 heterocycles. The van der Waals surface area contributed by atoms with E-state index in [1.54, 1.807) is 0 Å². The van der Waals surface area contributed by atoms with Crippen molar-refractivity contribution in [1.82, 2.24) is 0 Å². The molecule has 0 radical (unpaired) electrons. The van der Waals surface area contributed by atoms with E-state index in [2.05, 4.69) is 0 Å². The molecule has 1 unspecified atom stereocenters. The van der Waals surface area contributed by atoms with E-state index < -0.39 is 30.5 Å². The fourth-order valence-electron chi connectivity index (χ4n) is 1.55. The van der Waals surface area contributed by atoms with Gasteiger partial charge in [0, 0.05) is 24.4 Å². The maximum Gasteiger partial charge on any atom is 0.303 e. The molecule has 0 aromatic carbocycles. The van der Waals surface area contributed by atoms with Gasteiger partial charge in [0.15, 0.2) is 0 Å². The van der Waals surface area contributed by atoms with Gasteiger partial charge in [0.2, 0.25) is 0 Å². The average Bonchev–Trinajstić information content (AvgIpc) is 2.23. The Morgan fingerprint density at radius 2 is 1.83 bits per heavy atom. The third-order valence-corrected chi connectivity index (χ3v) is 2.27. The molecule has 2 atom stereocenters. The van der Waals surface area contributed by atoms with Crippen molar-refractivity contribution in [1.29, 1.82) is 0 Å². The molecule has 0 aromatic rings. The molecule has 0 spiro atoms. The molecule has 0 amide bonds. The molecule has 0 aliphatic carbocycles. The highest BCUT2D eigenvalue weighted by atomic mass is 16.6. The summed E-state index contributed by atoms with van der Waals surface area (Å²) in [6.07, 6.45) is -0.470. The lowest BCUT2D eigenvalue weighted by atomic mass is 9.95. The minimum Gasteiger partial charge on any atom is -0.458 e. The van der Waals surface area contributed by atoms with Crippen LogP contribution in [0.5, 0.6) is 0 Å². The minimum atomic E-state index is -2.67. The maximum absolute atomic E-state index is 11.2. The molecule has 0 aliphatic rings. The minimum absolute atomic E-state index is 0.0559. The second-order valence-electron chi connectivity index (χ2n) is 4.39. The number of hydrogen-bond acceptors (Lipinski definition) is 5. The first-order valence-corrected chi connectivity index (χ1v) is 5.76. The molecule has 5 nitrogen and oxygen atoms in total. The van der Waals surface area contributed by atoms with Crippen LogP contribution in [-0.2, 0) is 23.9 Å². The third kappa shape index (κ3) is 7.04. The highest BCUT2D eigenvalue weighted by Crippen LogP contribution is 2.23. The van der Waals surface area contributed by atoms with Gasteiger partial charge < -0.3 is 14.3 Å². The Labute approximate surface area is 112 Å². The summed E-state index contributed by atoms with van der Waals surface area (Å²) in [5.74, 6) is -1.51. The van der Waals surface area contributed by atoms with Crippen molar-refractivity contribution >= 4 is 17.7 Å². The van der Waals surface area contributed by atoms with Crippen LogP contribution in [0.4, 0.5) is 0 Å². The Kier molecular flexibility index (Phi) is 4.63. The Morgan fingerprint density at radius 3 is 2.22 bits per heavy atom. The summed E-state index contributed by atoms with van der Waals surface area (Å²) >= 11 is 0. The van der Waals surface area contributed by atoms with Gasteiger partial charge in [-0.1, -0.05) is 0 Å². The predicted molar refractivity (Wildman–Crippen MR) is 65.9 cm³/mol. The van der Waals surface area contributed by atoms with Crippen molar-refractivity contribution < 1.29 is 28.0 Å². The lowest BCUT2D eigenvalue weighted by molar-refractivity contribution is -0.179. The number of carbonyl (C=O) groups is 3. The first-order chi connectivity index (χ1) is 9.40. The van der Waals surface area contributed by atoms with Crippen molar-refractivity contribution in [3.05, 3.63) is 0 Å². The summed E-state index contributed by atoms with van der Waals surface area (Å²) in [5, 5.41) is 0. The molecule has 0 N–H and O–H groups in total. The van der Waals surface area contributed by atoms with E-state index in [0.717, 1.165) is 13.8 Å². The van der Waals surface area contributed by atoms with Crippen molar-refractivity contribution in [3.63, 3.8) is 0 Å². The van der Waals surface area contributed by atoms with Crippen LogP contribution in [0, 0.1) is 0 Å². The van der Waals surface area contributed by atoms with Crippen LogP contribution in [0.25, 0.3) is 0 Å². The van der Waals surface area contributed by atoms with Gasteiger partial charge in [-0.25, -0.2) is 0 Å². The summed E-state index contributed by atoms with van der Waals surface area (Å²) in [5.41, 5.74) is -1.96. The molecular weight excluding hydrogens is 236 g/mol. The molecule has 0 aromatic heterocycles. The topological polar surface area (TPSA) is 69.7 Å². The van der Waals surface area contributed by atoms with E-state index in [-0.39, 0.29) is 18.6 Å². The third-order valence-electron chi connectivity index (χ3n) is 2.27. The lowest BCUT2D eigenvalue weighted by Gasteiger charge is -2.32. The zero-order chi connectivity index (χ0) is 16.8. The number of rotatable bonds is 7. The molecule has 0 saturated carbocycles. The molecule has 0 aliphatic heterocycles. The monoisotopic (exact) mass is 261 g/mol. The Hall–Kier alpha value is -1.39. The van der Waals surface area contributed by atoms with E-state index in [0.29, 0.717) is 6.42 Å². The van der Waals surface area contributed by atoms with Gasteiger partial charge in [-0.05, 0) is 33.5 Å². The molecule has 0 fully saturated rings. The van der Waals surface area contributed by atoms with Gasteiger partial charge in [-0.2, -0.15) is 0 Å². The SMILES string of the molecule is [2H]C([2H])([2H])[C@](C)(OC(C)=O)C(CCCC(C)=O)OC(C)=O. The Bertz CT molecular complexity index is 405. The van der Waals surface area contributed by atoms with Gasteiger partial charge in [0.05, 0.1) is 0 Å². The highest BCUT2D eigenvalue weighted by Gasteiger charge is 2.34. The Morgan fingerprint density at radius 1 is 1.22 bits per heavy atom. The lowest BCUT2D eigenvalue weighted by Crippen LogP contribution is -2.43. The fourth-order valence-corrected chi connectivity index (χ4v) is 1.55. The molecule has 0 saturated heterocycles. The summed E-state index contributed by atoms with van der Waals surface area (Å²) in [6, 6.07) is 0. The number of hydrogen-bond donors (Lipinski definition) is 0.